The molecule has 7 heteroatoms. The lowest BCUT2D eigenvalue weighted by Gasteiger charge is -2.29. The average molecular weight is 427 g/mol. The van der Waals surface area contributed by atoms with Crippen molar-refractivity contribution >= 4 is 5.91 Å². The number of amides is 1. The van der Waals surface area contributed by atoms with E-state index in [9.17, 15) is 4.79 Å². The number of methoxy groups -OCH3 is 3. The zero-order valence-electron chi connectivity index (χ0n) is 18.3. The van der Waals surface area contributed by atoms with Crippen LogP contribution in [0.15, 0.2) is 30.3 Å². The number of benzene rings is 2. The normalized spacial score (nSPS) is 15.1. The van der Waals surface area contributed by atoms with Crippen molar-refractivity contribution in [3.63, 3.8) is 0 Å². The second-order valence-corrected chi connectivity index (χ2v) is 7.86. The smallest absolute Gasteiger partial charge is 0.231 e. The fourth-order valence-electron chi connectivity index (χ4n) is 4.39. The number of nitrogens with zero attached hydrogens (tertiary/aromatic N) is 1. The summed E-state index contributed by atoms with van der Waals surface area (Å²) in [4.78, 5) is 15.5. The molecule has 0 unspecified atom stereocenters. The Hall–Kier alpha value is -3.09. The molecule has 2 aromatic rings. The lowest BCUT2D eigenvalue weighted by molar-refractivity contribution is -0.133. The molecule has 0 N–H and O–H groups in total. The van der Waals surface area contributed by atoms with E-state index in [1.54, 1.807) is 21.3 Å². The summed E-state index contributed by atoms with van der Waals surface area (Å²) >= 11 is 0. The molecule has 2 aromatic carbocycles. The summed E-state index contributed by atoms with van der Waals surface area (Å²) in [6.45, 7) is 0.787. The highest BCUT2D eigenvalue weighted by Crippen LogP contribution is 2.39. The first-order valence-corrected chi connectivity index (χ1v) is 10.6. The van der Waals surface area contributed by atoms with Crippen LogP contribution in [0.4, 0.5) is 0 Å². The Balaban J connectivity index is 1.56. The van der Waals surface area contributed by atoms with E-state index < -0.39 is 0 Å². The summed E-state index contributed by atoms with van der Waals surface area (Å²) < 4.78 is 27.2. The highest BCUT2D eigenvalue weighted by atomic mass is 16.7. The van der Waals surface area contributed by atoms with Crippen molar-refractivity contribution in [2.24, 2.45) is 0 Å². The number of ether oxygens (including phenoxy) is 5. The van der Waals surface area contributed by atoms with Crippen LogP contribution in [-0.4, -0.2) is 45.0 Å². The molecule has 0 spiro atoms. The van der Waals surface area contributed by atoms with Crippen molar-refractivity contribution in [3.8, 4) is 28.7 Å². The van der Waals surface area contributed by atoms with Crippen LogP contribution in [0.3, 0.4) is 0 Å². The summed E-state index contributed by atoms with van der Waals surface area (Å²) in [5.41, 5.74) is 1.86. The zero-order valence-corrected chi connectivity index (χ0v) is 18.3. The molecule has 1 heterocycles. The van der Waals surface area contributed by atoms with Crippen LogP contribution < -0.4 is 23.7 Å². The van der Waals surface area contributed by atoms with Crippen LogP contribution in [0.25, 0.3) is 0 Å². The van der Waals surface area contributed by atoms with Crippen molar-refractivity contribution in [2.75, 3.05) is 28.1 Å². The molecule has 0 aromatic heterocycles. The fourth-order valence-corrected chi connectivity index (χ4v) is 4.39. The molecular weight excluding hydrogens is 398 g/mol. The van der Waals surface area contributed by atoms with E-state index in [0.29, 0.717) is 23.8 Å². The van der Waals surface area contributed by atoms with Crippen LogP contribution in [0, 0.1) is 0 Å². The molecule has 166 valence electrons. The minimum absolute atomic E-state index is 0.0823. The molecule has 1 aliphatic carbocycles. The van der Waals surface area contributed by atoms with Gasteiger partial charge in [-0.25, -0.2) is 0 Å². The molecule has 0 saturated heterocycles. The molecule has 0 atom stereocenters. The van der Waals surface area contributed by atoms with E-state index in [1.807, 2.05) is 35.2 Å². The van der Waals surface area contributed by atoms with Gasteiger partial charge in [-0.3, -0.25) is 4.79 Å². The van der Waals surface area contributed by atoms with Crippen molar-refractivity contribution in [1.82, 2.24) is 4.90 Å². The van der Waals surface area contributed by atoms with Crippen molar-refractivity contribution < 1.29 is 28.5 Å². The van der Waals surface area contributed by atoms with Gasteiger partial charge < -0.3 is 28.6 Å². The molecule has 0 radical (unpaired) electrons. The van der Waals surface area contributed by atoms with Gasteiger partial charge in [-0.1, -0.05) is 18.9 Å². The summed E-state index contributed by atoms with van der Waals surface area (Å²) in [7, 11) is 4.72. The Morgan fingerprint density at radius 2 is 1.61 bits per heavy atom. The number of fused-ring (bicyclic) bond motifs is 1. The van der Waals surface area contributed by atoms with Gasteiger partial charge in [0.1, 0.15) is 0 Å². The van der Waals surface area contributed by atoms with E-state index >= 15 is 0 Å². The molecule has 1 amide bonds. The second-order valence-electron chi connectivity index (χ2n) is 7.86. The van der Waals surface area contributed by atoms with Crippen molar-refractivity contribution in [1.29, 1.82) is 0 Å². The molecular formula is C24H29NO6. The summed E-state index contributed by atoms with van der Waals surface area (Å²) in [5, 5.41) is 0. The Labute approximate surface area is 182 Å². The van der Waals surface area contributed by atoms with Gasteiger partial charge in [-0.15, -0.1) is 0 Å². The summed E-state index contributed by atoms with van der Waals surface area (Å²) in [5.74, 6) is 3.19. The maximum Gasteiger partial charge on any atom is 0.231 e. The van der Waals surface area contributed by atoms with E-state index in [0.717, 1.165) is 48.3 Å². The molecule has 0 bridgehead atoms. The van der Waals surface area contributed by atoms with Crippen molar-refractivity contribution in [3.05, 3.63) is 41.5 Å². The standard InChI is InChI=1S/C24H29NO6/c1-27-21-11-17(12-22(28-2)24(21)29-3)13-23(26)25(18-6-4-5-7-18)14-16-8-9-19-20(10-16)31-15-30-19/h8-12,18H,4-7,13-15H2,1-3H3. The van der Waals surface area contributed by atoms with Gasteiger partial charge in [0, 0.05) is 12.6 Å². The first-order valence-electron chi connectivity index (χ1n) is 10.6. The van der Waals surface area contributed by atoms with Crippen LogP contribution in [0.1, 0.15) is 36.8 Å². The third kappa shape index (κ3) is 4.50. The lowest BCUT2D eigenvalue weighted by atomic mass is 10.1. The zero-order chi connectivity index (χ0) is 21.8. The van der Waals surface area contributed by atoms with Gasteiger partial charge in [0.05, 0.1) is 27.8 Å². The Morgan fingerprint density at radius 3 is 2.26 bits per heavy atom. The second kappa shape index (κ2) is 9.37. The molecule has 4 rings (SSSR count). The average Bonchev–Trinajstić information content (AvgIpc) is 3.48. The molecule has 1 aliphatic heterocycles. The number of hydrogen-bond acceptors (Lipinski definition) is 6. The van der Waals surface area contributed by atoms with Gasteiger partial charge in [-0.05, 0) is 48.2 Å². The van der Waals surface area contributed by atoms with E-state index in [-0.39, 0.29) is 25.2 Å². The van der Waals surface area contributed by atoms with Gasteiger partial charge in [0.25, 0.3) is 0 Å². The fraction of sp³-hybridized carbons (Fsp3) is 0.458. The van der Waals surface area contributed by atoms with Crippen molar-refractivity contribution in [2.45, 2.75) is 44.7 Å². The monoisotopic (exact) mass is 427 g/mol. The number of carbonyl (C=O) groups excluding carboxylic acids is 1. The maximum atomic E-state index is 13.4. The molecule has 1 saturated carbocycles. The van der Waals surface area contributed by atoms with Gasteiger partial charge in [0.15, 0.2) is 23.0 Å². The first kappa shape index (κ1) is 21.2. The SMILES string of the molecule is COc1cc(CC(=O)N(Cc2ccc3c(c2)OCO3)C2CCCC2)cc(OC)c1OC. The van der Waals surface area contributed by atoms with E-state index in [1.165, 1.54) is 0 Å². The topological polar surface area (TPSA) is 66.5 Å². The largest absolute Gasteiger partial charge is 0.493 e. The third-order valence-electron chi connectivity index (χ3n) is 5.96. The Kier molecular flexibility index (Phi) is 6.39. The van der Waals surface area contributed by atoms with Crippen LogP contribution in [0.2, 0.25) is 0 Å². The highest BCUT2D eigenvalue weighted by molar-refractivity contribution is 5.80. The molecule has 7 nitrogen and oxygen atoms in total. The predicted molar refractivity (Wildman–Crippen MR) is 115 cm³/mol. The highest BCUT2D eigenvalue weighted by Gasteiger charge is 2.28. The Morgan fingerprint density at radius 1 is 0.935 bits per heavy atom. The number of hydrogen-bond donors (Lipinski definition) is 0. The summed E-state index contributed by atoms with van der Waals surface area (Å²) in [6.07, 6.45) is 4.63. The lowest BCUT2D eigenvalue weighted by Crippen LogP contribution is -2.39. The minimum atomic E-state index is 0.0823. The molecule has 2 aliphatic rings. The predicted octanol–water partition coefficient (Wildman–Crippen LogP) is 3.96. The van der Waals surface area contributed by atoms with Gasteiger partial charge >= 0.3 is 0 Å². The van der Waals surface area contributed by atoms with E-state index in [2.05, 4.69) is 0 Å². The third-order valence-corrected chi connectivity index (χ3v) is 5.96. The maximum absolute atomic E-state index is 13.4. The van der Waals surface area contributed by atoms with Gasteiger partial charge in [0.2, 0.25) is 18.4 Å². The molecule has 31 heavy (non-hydrogen) atoms. The number of carbonyl (C=O) groups is 1. The van der Waals surface area contributed by atoms with E-state index in [4.69, 9.17) is 23.7 Å². The van der Waals surface area contributed by atoms with Crippen LogP contribution in [-0.2, 0) is 17.8 Å². The minimum Gasteiger partial charge on any atom is -0.493 e. The van der Waals surface area contributed by atoms with Crippen LogP contribution in [0.5, 0.6) is 28.7 Å². The first-order chi connectivity index (χ1) is 15.1. The molecule has 1 fully saturated rings. The number of rotatable bonds is 8. The quantitative estimate of drug-likeness (QED) is 0.636. The Bertz CT molecular complexity index is 913. The summed E-state index contributed by atoms with van der Waals surface area (Å²) in [6, 6.07) is 9.81. The van der Waals surface area contributed by atoms with Gasteiger partial charge in [-0.2, -0.15) is 0 Å². The van der Waals surface area contributed by atoms with Crippen LogP contribution >= 0.6 is 0 Å².